The molecule has 0 spiro atoms. The number of furan rings is 1. The Morgan fingerprint density at radius 2 is 2.19 bits per heavy atom. The van der Waals surface area contributed by atoms with E-state index in [0.717, 1.165) is 10.4 Å². The second-order valence-corrected chi connectivity index (χ2v) is 6.09. The van der Waals surface area contributed by atoms with Gasteiger partial charge in [0.2, 0.25) is 0 Å². The summed E-state index contributed by atoms with van der Waals surface area (Å²) in [6.45, 7) is 6.56. The lowest BCUT2D eigenvalue weighted by atomic mass is 10.2. The van der Waals surface area contributed by atoms with Crippen LogP contribution in [-0.2, 0) is 0 Å². The number of nitrogens with one attached hydrogen (secondary N) is 1. The summed E-state index contributed by atoms with van der Waals surface area (Å²) in [5, 5.41) is 3.54. The molecule has 0 saturated heterocycles. The average Bonchev–Trinajstić information content (AvgIpc) is 2.65. The van der Waals surface area contributed by atoms with Crippen molar-refractivity contribution in [2.45, 2.75) is 39.3 Å². The van der Waals surface area contributed by atoms with Gasteiger partial charge in [-0.05, 0) is 59.8 Å². The van der Waals surface area contributed by atoms with Gasteiger partial charge >= 0.3 is 0 Å². The Labute approximate surface area is 111 Å². The van der Waals surface area contributed by atoms with Gasteiger partial charge in [-0.15, -0.1) is 0 Å². The third-order valence-electron chi connectivity index (χ3n) is 2.45. The molecule has 16 heavy (non-hydrogen) atoms. The van der Waals surface area contributed by atoms with Crippen LogP contribution in [0.25, 0.3) is 0 Å². The summed E-state index contributed by atoms with van der Waals surface area (Å²) >= 11 is 5.31. The maximum atomic E-state index is 5.52. The molecule has 0 saturated carbocycles. The van der Waals surface area contributed by atoms with E-state index >= 15 is 0 Å². The molecule has 0 fully saturated rings. The fourth-order valence-corrected chi connectivity index (χ4v) is 2.69. The molecule has 0 amide bonds. The molecule has 2 nitrogen and oxygen atoms in total. The Morgan fingerprint density at radius 3 is 2.75 bits per heavy atom. The van der Waals surface area contributed by atoms with E-state index in [1.54, 1.807) is 0 Å². The van der Waals surface area contributed by atoms with Crippen LogP contribution in [0.15, 0.2) is 21.2 Å². The van der Waals surface area contributed by atoms with Gasteiger partial charge in [-0.25, -0.2) is 0 Å². The second kappa shape index (κ2) is 7.41. The van der Waals surface area contributed by atoms with E-state index in [1.807, 2.05) is 23.9 Å². The molecule has 0 aliphatic carbocycles. The molecule has 1 rings (SSSR count). The predicted octanol–water partition coefficient (Wildman–Crippen LogP) is 4.22. The van der Waals surface area contributed by atoms with Gasteiger partial charge in [0.1, 0.15) is 5.76 Å². The van der Waals surface area contributed by atoms with Gasteiger partial charge in [0, 0.05) is 6.04 Å². The average molecular weight is 306 g/mol. The van der Waals surface area contributed by atoms with Crippen molar-refractivity contribution < 1.29 is 4.42 Å². The zero-order valence-corrected chi connectivity index (χ0v) is 12.5. The Morgan fingerprint density at radius 1 is 1.44 bits per heavy atom. The van der Waals surface area contributed by atoms with Crippen molar-refractivity contribution in [2.24, 2.45) is 0 Å². The highest BCUT2D eigenvalue weighted by atomic mass is 79.9. The first-order valence-corrected chi connectivity index (χ1v) is 7.67. The molecule has 0 aliphatic heterocycles. The van der Waals surface area contributed by atoms with Crippen molar-refractivity contribution in [3.05, 3.63) is 22.6 Å². The van der Waals surface area contributed by atoms with Crippen molar-refractivity contribution in [2.75, 3.05) is 11.5 Å². The van der Waals surface area contributed by atoms with Crippen LogP contribution in [0.3, 0.4) is 0 Å². The van der Waals surface area contributed by atoms with Crippen LogP contribution in [0.1, 0.15) is 39.0 Å². The van der Waals surface area contributed by atoms with Gasteiger partial charge in [0.05, 0.1) is 6.04 Å². The van der Waals surface area contributed by atoms with E-state index in [0.29, 0.717) is 6.04 Å². The standard InChI is InChI=1S/C12H20BrNOS/c1-4-16-8-7-9(2)14-10(3)11-5-6-12(13)15-11/h5-6,9-10,14H,4,7-8H2,1-3H3. The molecule has 2 atom stereocenters. The molecule has 92 valence electrons. The molecule has 0 aliphatic rings. The molecule has 1 heterocycles. The molecule has 4 heteroatoms. The fourth-order valence-electron chi connectivity index (χ4n) is 1.56. The van der Waals surface area contributed by atoms with E-state index in [9.17, 15) is 0 Å². The zero-order valence-electron chi connectivity index (χ0n) is 10.1. The maximum Gasteiger partial charge on any atom is 0.169 e. The van der Waals surface area contributed by atoms with E-state index < -0.39 is 0 Å². The first-order valence-electron chi connectivity index (χ1n) is 5.72. The molecule has 0 aromatic carbocycles. The summed E-state index contributed by atoms with van der Waals surface area (Å²) in [6, 6.07) is 4.74. The highest BCUT2D eigenvalue weighted by Crippen LogP contribution is 2.20. The Hall–Kier alpha value is 0.0700. The molecule has 0 bridgehead atoms. The van der Waals surface area contributed by atoms with Crippen LogP contribution < -0.4 is 5.32 Å². The summed E-state index contributed by atoms with van der Waals surface area (Å²) in [6.07, 6.45) is 1.20. The Bertz CT molecular complexity index is 303. The summed E-state index contributed by atoms with van der Waals surface area (Å²) in [4.78, 5) is 0. The lowest BCUT2D eigenvalue weighted by Crippen LogP contribution is -2.29. The fraction of sp³-hybridized carbons (Fsp3) is 0.667. The quantitative estimate of drug-likeness (QED) is 0.763. The van der Waals surface area contributed by atoms with Crippen LogP contribution in [0.2, 0.25) is 0 Å². The molecular weight excluding hydrogens is 286 g/mol. The lowest BCUT2D eigenvalue weighted by Gasteiger charge is -2.18. The number of rotatable bonds is 7. The molecule has 1 aromatic rings. The maximum absolute atomic E-state index is 5.52. The Kier molecular flexibility index (Phi) is 6.54. The zero-order chi connectivity index (χ0) is 12.0. The van der Waals surface area contributed by atoms with Crippen molar-refractivity contribution in [3.63, 3.8) is 0 Å². The minimum atomic E-state index is 0.271. The monoisotopic (exact) mass is 305 g/mol. The van der Waals surface area contributed by atoms with E-state index in [1.165, 1.54) is 17.9 Å². The number of hydrogen-bond acceptors (Lipinski definition) is 3. The van der Waals surface area contributed by atoms with Gasteiger partial charge in [-0.3, -0.25) is 0 Å². The van der Waals surface area contributed by atoms with Crippen molar-refractivity contribution in [3.8, 4) is 0 Å². The second-order valence-electron chi connectivity index (χ2n) is 3.92. The summed E-state index contributed by atoms with van der Waals surface area (Å²) in [5.74, 6) is 3.41. The Balaban J connectivity index is 2.30. The van der Waals surface area contributed by atoms with Gasteiger partial charge in [-0.1, -0.05) is 6.92 Å². The van der Waals surface area contributed by atoms with Crippen molar-refractivity contribution in [1.82, 2.24) is 5.32 Å². The minimum absolute atomic E-state index is 0.271. The first-order chi connectivity index (χ1) is 7.63. The number of thioether (sulfide) groups is 1. The summed E-state index contributed by atoms with van der Waals surface area (Å²) in [7, 11) is 0. The highest BCUT2D eigenvalue weighted by molar-refractivity contribution is 9.10. The smallest absolute Gasteiger partial charge is 0.169 e. The van der Waals surface area contributed by atoms with Crippen LogP contribution >= 0.6 is 27.7 Å². The first kappa shape index (κ1) is 14.1. The van der Waals surface area contributed by atoms with Crippen LogP contribution in [-0.4, -0.2) is 17.5 Å². The topological polar surface area (TPSA) is 25.2 Å². The summed E-state index contributed by atoms with van der Waals surface area (Å²) < 4.78 is 6.32. The van der Waals surface area contributed by atoms with Gasteiger partial charge in [0.25, 0.3) is 0 Å². The molecule has 1 aromatic heterocycles. The van der Waals surface area contributed by atoms with Gasteiger partial charge in [0.15, 0.2) is 4.67 Å². The normalized spacial score (nSPS) is 15.0. The van der Waals surface area contributed by atoms with E-state index in [2.05, 4.69) is 42.0 Å². The molecule has 0 radical (unpaired) electrons. The number of hydrogen-bond donors (Lipinski definition) is 1. The predicted molar refractivity (Wildman–Crippen MR) is 75.0 cm³/mol. The minimum Gasteiger partial charge on any atom is -0.453 e. The summed E-state index contributed by atoms with van der Waals surface area (Å²) in [5.41, 5.74) is 0. The largest absolute Gasteiger partial charge is 0.453 e. The highest BCUT2D eigenvalue weighted by Gasteiger charge is 2.12. The third kappa shape index (κ3) is 4.93. The number of halogens is 1. The van der Waals surface area contributed by atoms with Crippen molar-refractivity contribution >= 4 is 27.7 Å². The molecule has 2 unspecified atom stereocenters. The molecule has 1 N–H and O–H groups in total. The lowest BCUT2D eigenvalue weighted by molar-refractivity contribution is 0.387. The van der Waals surface area contributed by atoms with Crippen LogP contribution in [0, 0.1) is 0 Å². The van der Waals surface area contributed by atoms with E-state index in [4.69, 9.17) is 4.42 Å². The SMILES string of the molecule is CCSCCC(C)NC(C)c1ccc(Br)o1. The van der Waals surface area contributed by atoms with Crippen molar-refractivity contribution in [1.29, 1.82) is 0 Å². The van der Waals surface area contributed by atoms with Crippen LogP contribution in [0.4, 0.5) is 0 Å². The van der Waals surface area contributed by atoms with Crippen LogP contribution in [0.5, 0.6) is 0 Å². The van der Waals surface area contributed by atoms with E-state index in [-0.39, 0.29) is 6.04 Å². The van der Waals surface area contributed by atoms with Gasteiger partial charge in [-0.2, -0.15) is 11.8 Å². The van der Waals surface area contributed by atoms with Gasteiger partial charge < -0.3 is 9.73 Å². The third-order valence-corrected chi connectivity index (χ3v) is 3.81. The molecular formula is C12H20BrNOS.